The van der Waals surface area contributed by atoms with Crippen molar-refractivity contribution in [3.63, 3.8) is 0 Å². The molecule has 1 heterocycles. The molecule has 188 valence electrons. The van der Waals surface area contributed by atoms with Crippen molar-refractivity contribution in [1.82, 2.24) is 4.31 Å². The fourth-order valence-electron chi connectivity index (χ4n) is 5.36. The predicted octanol–water partition coefficient (Wildman–Crippen LogP) is 4.47. The zero-order chi connectivity index (χ0) is 25.5. The summed E-state index contributed by atoms with van der Waals surface area (Å²) < 4.78 is 57.3. The van der Waals surface area contributed by atoms with Gasteiger partial charge in [-0.2, -0.15) is 4.31 Å². The van der Waals surface area contributed by atoms with Gasteiger partial charge in [0.25, 0.3) is 0 Å². The van der Waals surface area contributed by atoms with Crippen molar-refractivity contribution in [3.8, 4) is 0 Å². The first-order valence-corrected chi connectivity index (χ1v) is 15.0. The van der Waals surface area contributed by atoms with Crippen LogP contribution in [0.1, 0.15) is 44.2 Å². The van der Waals surface area contributed by atoms with Gasteiger partial charge in [0.2, 0.25) is 10.0 Å². The lowest BCUT2D eigenvalue weighted by Crippen LogP contribution is -2.60. The van der Waals surface area contributed by atoms with Crippen LogP contribution in [0.3, 0.4) is 0 Å². The molecule has 2 aromatic carbocycles. The van der Waals surface area contributed by atoms with Gasteiger partial charge in [0.05, 0.1) is 21.1 Å². The molecule has 0 amide bonds. The summed E-state index contributed by atoms with van der Waals surface area (Å²) in [7, 11) is -7.78. The van der Waals surface area contributed by atoms with Crippen molar-refractivity contribution in [2.75, 3.05) is 0 Å². The highest BCUT2D eigenvalue weighted by Crippen LogP contribution is 2.45. The predicted molar refractivity (Wildman–Crippen MR) is 136 cm³/mol. The SMILES string of the molecule is Cc1ccc(S(=O)(=O)[C@H]2C[C@H](C(C)C)N(S(=O)(=O)c3ccc(C)cc3)[C@H]3C2=CCC[C@H]3C=O)cc1. The van der Waals surface area contributed by atoms with E-state index in [0.717, 1.165) is 17.4 Å². The second-order valence-corrected chi connectivity index (χ2v) is 14.0. The number of benzene rings is 2. The van der Waals surface area contributed by atoms with Crippen LogP contribution in [0.5, 0.6) is 0 Å². The normalized spacial score (nSPS) is 25.7. The van der Waals surface area contributed by atoms with E-state index in [9.17, 15) is 21.6 Å². The standard InChI is InChI=1S/C27H33NO5S2/c1-18(2)25-16-26(34(30,31)22-12-8-19(3)9-13-22)24-7-5-6-21(17-29)27(24)28(25)35(32,33)23-14-10-20(4)11-15-23/h7-15,17-18,21,25-27H,5-6,16H2,1-4H3/t21-,25+,26-,27+/m0/s1. The molecular formula is C27H33NO5S2. The third kappa shape index (κ3) is 4.63. The Hall–Kier alpha value is -2.29. The fourth-order valence-corrected chi connectivity index (χ4v) is 9.23. The number of carbonyl (C=O) groups excluding carboxylic acids is 1. The smallest absolute Gasteiger partial charge is 0.243 e. The highest BCUT2D eigenvalue weighted by atomic mass is 32.2. The van der Waals surface area contributed by atoms with E-state index in [2.05, 4.69) is 0 Å². The van der Waals surface area contributed by atoms with E-state index >= 15 is 0 Å². The van der Waals surface area contributed by atoms with Gasteiger partial charge in [0.15, 0.2) is 9.84 Å². The molecule has 0 aromatic heterocycles. The fraction of sp³-hybridized carbons (Fsp3) is 0.444. The van der Waals surface area contributed by atoms with Gasteiger partial charge < -0.3 is 4.79 Å². The Balaban J connectivity index is 1.89. The number of allylic oxidation sites excluding steroid dienone is 1. The van der Waals surface area contributed by atoms with Crippen molar-refractivity contribution in [3.05, 3.63) is 71.3 Å². The Bertz CT molecular complexity index is 1330. The molecule has 1 aliphatic carbocycles. The zero-order valence-corrected chi connectivity index (χ0v) is 22.2. The molecule has 0 unspecified atom stereocenters. The largest absolute Gasteiger partial charge is 0.303 e. The lowest BCUT2D eigenvalue weighted by molar-refractivity contribution is -0.113. The second kappa shape index (κ2) is 9.64. The number of aldehydes is 1. The monoisotopic (exact) mass is 515 g/mol. The van der Waals surface area contributed by atoms with Crippen LogP contribution in [0.2, 0.25) is 0 Å². The molecule has 2 aliphatic rings. The number of hydrogen-bond acceptors (Lipinski definition) is 5. The quantitative estimate of drug-likeness (QED) is 0.418. The molecule has 0 spiro atoms. The van der Waals surface area contributed by atoms with Crippen LogP contribution < -0.4 is 0 Å². The highest BCUT2D eigenvalue weighted by Gasteiger charge is 2.53. The summed E-state index contributed by atoms with van der Waals surface area (Å²) in [5.41, 5.74) is 2.43. The van der Waals surface area contributed by atoms with Crippen molar-refractivity contribution < 1.29 is 21.6 Å². The molecule has 4 rings (SSSR count). The maximum absolute atomic E-state index is 14.0. The molecule has 4 atom stereocenters. The summed E-state index contributed by atoms with van der Waals surface area (Å²) in [6.07, 6.45) is 3.83. The van der Waals surface area contributed by atoms with Crippen LogP contribution >= 0.6 is 0 Å². The first-order valence-electron chi connectivity index (χ1n) is 12.0. The minimum Gasteiger partial charge on any atom is -0.303 e. The minimum absolute atomic E-state index is 0.146. The molecule has 2 aromatic rings. The Kier molecular flexibility index (Phi) is 7.10. The van der Waals surface area contributed by atoms with E-state index < -0.39 is 43.1 Å². The lowest BCUT2D eigenvalue weighted by atomic mass is 9.77. The number of fused-ring (bicyclic) bond motifs is 1. The third-order valence-electron chi connectivity index (χ3n) is 7.32. The molecule has 0 N–H and O–H groups in total. The van der Waals surface area contributed by atoms with Crippen molar-refractivity contribution >= 4 is 26.1 Å². The molecule has 1 saturated heterocycles. The van der Waals surface area contributed by atoms with Crippen LogP contribution in [0, 0.1) is 25.7 Å². The molecule has 8 heteroatoms. The summed E-state index contributed by atoms with van der Waals surface area (Å²) >= 11 is 0. The summed E-state index contributed by atoms with van der Waals surface area (Å²) in [6, 6.07) is 12.0. The summed E-state index contributed by atoms with van der Waals surface area (Å²) in [5, 5.41) is -0.880. The van der Waals surface area contributed by atoms with Crippen LogP contribution in [-0.2, 0) is 24.7 Å². The van der Waals surface area contributed by atoms with E-state index in [1.807, 2.05) is 33.8 Å². The van der Waals surface area contributed by atoms with Gasteiger partial charge in [-0.1, -0.05) is 55.3 Å². The Morgan fingerprint density at radius 2 is 1.43 bits per heavy atom. The third-order valence-corrected chi connectivity index (χ3v) is 11.4. The zero-order valence-electron chi connectivity index (χ0n) is 20.6. The van der Waals surface area contributed by atoms with Crippen molar-refractivity contribution in [2.45, 2.75) is 74.1 Å². The van der Waals surface area contributed by atoms with Gasteiger partial charge in [-0.3, -0.25) is 0 Å². The van der Waals surface area contributed by atoms with Gasteiger partial charge >= 0.3 is 0 Å². The van der Waals surface area contributed by atoms with Gasteiger partial charge in [0.1, 0.15) is 6.29 Å². The maximum atomic E-state index is 14.0. The summed E-state index contributed by atoms with van der Waals surface area (Å²) in [4.78, 5) is 12.6. The number of piperidine rings is 1. The molecule has 1 fully saturated rings. The topological polar surface area (TPSA) is 88.6 Å². The van der Waals surface area contributed by atoms with Crippen molar-refractivity contribution in [1.29, 1.82) is 0 Å². The van der Waals surface area contributed by atoms with Gasteiger partial charge in [-0.15, -0.1) is 0 Å². The average molecular weight is 516 g/mol. The molecule has 0 bridgehead atoms. The second-order valence-electron chi connectivity index (χ2n) is 10.1. The van der Waals surface area contributed by atoms with E-state index in [1.54, 1.807) is 48.5 Å². The number of nitrogens with zero attached hydrogens (tertiary/aromatic N) is 1. The Morgan fingerprint density at radius 3 is 1.94 bits per heavy atom. The average Bonchev–Trinajstić information content (AvgIpc) is 2.82. The van der Waals surface area contributed by atoms with Crippen LogP contribution in [-0.4, -0.2) is 44.8 Å². The minimum atomic E-state index is -3.99. The van der Waals surface area contributed by atoms with E-state index in [0.29, 0.717) is 18.4 Å². The number of carbonyl (C=O) groups is 1. The Labute approximate surface area is 209 Å². The van der Waals surface area contributed by atoms with Crippen molar-refractivity contribution in [2.24, 2.45) is 11.8 Å². The van der Waals surface area contributed by atoms with E-state index in [4.69, 9.17) is 0 Å². The summed E-state index contributed by atoms with van der Waals surface area (Å²) in [5.74, 6) is -0.755. The van der Waals surface area contributed by atoms with Crippen LogP contribution in [0.15, 0.2) is 70.0 Å². The van der Waals surface area contributed by atoms with Gasteiger partial charge in [-0.05, 0) is 68.9 Å². The maximum Gasteiger partial charge on any atom is 0.243 e. The van der Waals surface area contributed by atoms with Crippen LogP contribution in [0.4, 0.5) is 0 Å². The molecule has 0 saturated carbocycles. The molecule has 0 radical (unpaired) electrons. The first kappa shape index (κ1) is 25.8. The van der Waals surface area contributed by atoms with Gasteiger partial charge in [0, 0.05) is 12.0 Å². The molecule has 1 aliphatic heterocycles. The first-order chi connectivity index (χ1) is 16.5. The number of rotatable bonds is 6. The van der Waals surface area contributed by atoms with Crippen LogP contribution in [0.25, 0.3) is 0 Å². The lowest BCUT2D eigenvalue weighted by Gasteiger charge is -2.50. The Morgan fingerprint density at radius 1 is 0.886 bits per heavy atom. The number of sulfone groups is 1. The summed E-state index contributed by atoms with van der Waals surface area (Å²) in [6.45, 7) is 7.60. The van der Waals surface area contributed by atoms with E-state index in [-0.39, 0.29) is 22.1 Å². The highest BCUT2D eigenvalue weighted by molar-refractivity contribution is 7.92. The molecular weight excluding hydrogens is 482 g/mol. The molecule has 6 nitrogen and oxygen atoms in total. The van der Waals surface area contributed by atoms with Gasteiger partial charge in [-0.25, -0.2) is 16.8 Å². The van der Waals surface area contributed by atoms with E-state index in [1.165, 1.54) is 4.31 Å². The molecule has 35 heavy (non-hydrogen) atoms. The number of sulfonamides is 1. The number of aryl methyl sites for hydroxylation is 2. The number of hydrogen-bond donors (Lipinski definition) is 0.